The Balaban J connectivity index is 1.97. The van der Waals surface area contributed by atoms with Crippen molar-refractivity contribution in [1.82, 2.24) is 9.88 Å². The Hall–Kier alpha value is -1.71. The first-order valence-corrected chi connectivity index (χ1v) is 7.21. The molecule has 1 aliphatic heterocycles. The van der Waals surface area contributed by atoms with Gasteiger partial charge in [0.15, 0.2) is 0 Å². The van der Waals surface area contributed by atoms with Gasteiger partial charge in [0.1, 0.15) is 0 Å². The number of likely N-dealkylation sites (tertiary alicyclic amines) is 1. The molecule has 1 fully saturated rings. The summed E-state index contributed by atoms with van der Waals surface area (Å²) < 4.78 is 0. The maximum Gasteiger partial charge on any atom is 0.0777 e. The largest absolute Gasteiger partial charge is 0.326 e. The molecule has 3 heteroatoms. The third-order valence-electron chi connectivity index (χ3n) is 4.15. The minimum absolute atomic E-state index is 0.202. The molecule has 0 bridgehead atoms. The van der Waals surface area contributed by atoms with Gasteiger partial charge in [0, 0.05) is 25.3 Å². The fourth-order valence-electron chi connectivity index (χ4n) is 2.98. The predicted octanol–water partition coefficient (Wildman–Crippen LogP) is 2.45. The molecule has 2 heterocycles. The van der Waals surface area contributed by atoms with E-state index in [2.05, 4.69) is 59.3 Å². The summed E-state index contributed by atoms with van der Waals surface area (Å²) >= 11 is 0. The summed E-state index contributed by atoms with van der Waals surface area (Å²) in [6, 6.07) is 17.2. The number of rotatable bonds is 3. The molecule has 1 saturated heterocycles. The maximum absolute atomic E-state index is 6.20. The summed E-state index contributed by atoms with van der Waals surface area (Å²) in [5, 5.41) is 0. The van der Waals surface area contributed by atoms with Crippen molar-refractivity contribution in [3.8, 4) is 0 Å². The molecule has 0 aliphatic carbocycles. The normalized spacial score (nSPS) is 24.7. The van der Waals surface area contributed by atoms with E-state index < -0.39 is 0 Å². The van der Waals surface area contributed by atoms with Crippen LogP contribution >= 0.6 is 0 Å². The summed E-state index contributed by atoms with van der Waals surface area (Å²) in [5.41, 5.74) is 8.58. The summed E-state index contributed by atoms with van der Waals surface area (Å²) in [6.45, 7) is 4.18. The summed E-state index contributed by atoms with van der Waals surface area (Å²) in [7, 11) is 0. The van der Waals surface area contributed by atoms with Gasteiger partial charge in [-0.05, 0) is 23.6 Å². The number of hydrogen-bond acceptors (Lipinski definition) is 3. The third-order valence-corrected chi connectivity index (χ3v) is 4.15. The number of benzene rings is 1. The highest BCUT2D eigenvalue weighted by atomic mass is 15.2. The van der Waals surface area contributed by atoms with Crippen molar-refractivity contribution in [2.75, 3.05) is 13.1 Å². The van der Waals surface area contributed by atoms with Gasteiger partial charge < -0.3 is 5.73 Å². The van der Waals surface area contributed by atoms with Gasteiger partial charge in [-0.2, -0.15) is 0 Å². The van der Waals surface area contributed by atoms with Crippen LogP contribution in [0.2, 0.25) is 0 Å². The average Bonchev–Trinajstić information content (AvgIpc) is 2.81. The highest BCUT2D eigenvalue weighted by Crippen LogP contribution is 2.31. The van der Waals surface area contributed by atoms with Crippen LogP contribution in [0.4, 0.5) is 0 Å². The topological polar surface area (TPSA) is 42.2 Å². The van der Waals surface area contributed by atoms with E-state index in [0.29, 0.717) is 5.92 Å². The van der Waals surface area contributed by atoms with E-state index in [-0.39, 0.29) is 12.1 Å². The summed E-state index contributed by atoms with van der Waals surface area (Å²) in [5.74, 6) is 0.532. The number of aromatic nitrogens is 1. The molecule has 3 unspecified atom stereocenters. The second-order valence-corrected chi connectivity index (χ2v) is 5.66. The predicted molar refractivity (Wildman–Crippen MR) is 81.2 cm³/mol. The SMILES string of the molecule is CC1CN(C(c2ccccc2)c2ccccn2)CC1N. The summed E-state index contributed by atoms with van der Waals surface area (Å²) in [4.78, 5) is 7.02. The maximum atomic E-state index is 6.20. The Morgan fingerprint density at radius 2 is 1.85 bits per heavy atom. The molecule has 104 valence electrons. The molecule has 0 spiro atoms. The molecule has 2 N–H and O–H groups in total. The van der Waals surface area contributed by atoms with E-state index in [1.54, 1.807) is 0 Å². The molecular formula is C17H21N3. The molecular weight excluding hydrogens is 246 g/mol. The Bertz CT molecular complexity index is 491. The van der Waals surface area contributed by atoms with Gasteiger partial charge in [0.25, 0.3) is 0 Å². The molecule has 2 aromatic rings. The number of nitrogens with two attached hydrogens (primary N) is 1. The Kier molecular flexibility index (Phi) is 3.81. The fraction of sp³-hybridized carbons (Fsp3) is 0.353. The number of nitrogens with zero attached hydrogens (tertiary/aromatic N) is 2. The second kappa shape index (κ2) is 5.73. The lowest BCUT2D eigenvalue weighted by molar-refractivity contribution is 0.266. The molecule has 1 aromatic heterocycles. The average molecular weight is 267 g/mol. The molecule has 1 aromatic carbocycles. The Morgan fingerprint density at radius 3 is 2.45 bits per heavy atom. The van der Waals surface area contributed by atoms with Crippen LogP contribution in [0.15, 0.2) is 54.7 Å². The van der Waals surface area contributed by atoms with Crippen molar-refractivity contribution in [2.24, 2.45) is 11.7 Å². The van der Waals surface area contributed by atoms with Crippen LogP contribution in [0.1, 0.15) is 24.2 Å². The van der Waals surface area contributed by atoms with Crippen LogP contribution in [0.5, 0.6) is 0 Å². The highest BCUT2D eigenvalue weighted by Gasteiger charge is 2.33. The smallest absolute Gasteiger partial charge is 0.0777 e. The van der Waals surface area contributed by atoms with Crippen molar-refractivity contribution >= 4 is 0 Å². The van der Waals surface area contributed by atoms with Crippen LogP contribution in [0.3, 0.4) is 0 Å². The minimum Gasteiger partial charge on any atom is -0.326 e. The monoisotopic (exact) mass is 267 g/mol. The van der Waals surface area contributed by atoms with E-state index in [4.69, 9.17) is 5.73 Å². The van der Waals surface area contributed by atoms with Crippen molar-refractivity contribution in [3.05, 3.63) is 66.0 Å². The van der Waals surface area contributed by atoms with Crippen LogP contribution in [0, 0.1) is 5.92 Å². The van der Waals surface area contributed by atoms with Crippen molar-refractivity contribution in [2.45, 2.75) is 19.0 Å². The molecule has 20 heavy (non-hydrogen) atoms. The standard InChI is InChI=1S/C17H21N3/c1-13-11-20(12-15(13)18)17(14-7-3-2-4-8-14)16-9-5-6-10-19-16/h2-10,13,15,17H,11-12,18H2,1H3. The second-order valence-electron chi connectivity index (χ2n) is 5.66. The van der Waals surface area contributed by atoms with E-state index in [1.807, 2.05) is 12.3 Å². The van der Waals surface area contributed by atoms with E-state index in [0.717, 1.165) is 18.8 Å². The zero-order valence-electron chi connectivity index (χ0n) is 11.8. The fourth-order valence-corrected chi connectivity index (χ4v) is 2.98. The zero-order valence-corrected chi connectivity index (χ0v) is 11.8. The third kappa shape index (κ3) is 2.60. The van der Waals surface area contributed by atoms with E-state index in [9.17, 15) is 0 Å². The van der Waals surface area contributed by atoms with Gasteiger partial charge >= 0.3 is 0 Å². The van der Waals surface area contributed by atoms with Crippen LogP contribution in [-0.2, 0) is 0 Å². The Labute approximate surface area is 120 Å². The van der Waals surface area contributed by atoms with Gasteiger partial charge in [-0.1, -0.05) is 43.3 Å². The molecule has 3 atom stereocenters. The van der Waals surface area contributed by atoms with Crippen molar-refractivity contribution in [3.63, 3.8) is 0 Å². The molecule has 0 saturated carbocycles. The van der Waals surface area contributed by atoms with Gasteiger partial charge in [0.05, 0.1) is 11.7 Å². The number of pyridine rings is 1. The zero-order chi connectivity index (χ0) is 13.9. The molecule has 0 amide bonds. The highest BCUT2D eigenvalue weighted by molar-refractivity contribution is 5.28. The Morgan fingerprint density at radius 1 is 1.10 bits per heavy atom. The molecule has 3 rings (SSSR count). The van der Waals surface area contributed by atoms with Crippen LogP contribution in [0.25, 0.3) is 0 Å². The first-order chi connectivity index (χ1) is 9.75. The lowest BCUT2D eigenvalue weighted by Gasteiger charge is -2.27. The van der Waals surface area contributed by atoms with Gasteiger partial charge in [-0.3, -0.25) is 9.88 Å². The molecule has 0 radical (unpaired) electrons. The van der Waals surface area contributed by atoms with Gasteiger partial charge in [-0.15, -0.1) is 0 Å². The summed E-state index contributed by atoms with van der Waals surface area (Å²) in [6.07, 6.45) is 1.87. The lowest BCUT2D eigenvalue weighted by Crippen LogP contribution is -2.31. The van der Waals surface area contributed by atoms with Gasteiger partial charge in [-0.25, -0.2) is 0 Å². The van der Waals surface area contributed by atoms with E-state index >= 15 is 0 Å². The van der Waals surface area contributed by atoms with Gasteiger partial charge in [0.2, 0.25) is 0 Å². The quantitative estimate of drug-likeness (QED) is 0.929. The van der Waals surface area contributed by atoms with Crippen LogP contribution < -0.4 is 5.73 Å². The van der Waals surface area contributed by atoms with Crippen molar-refractivity contribution in [1.29, 1.82) is 0 Å². The van der Waals surface area contributed by atoms with Crippen molar-refractivity contribution < 1.29 is 0 Å². The minimum atomic E-state index is 0.202. The number of hydrogen-bond donors (Lipinski definition) is 1. The molecule has 1 aliphatic rings. The lowest BCUT2D eigenvalue weighted by atomic mass is 10.0. The molecule has 3 nitrogen and oxygen atoms in total. The first kappa shape index (κ1) is 13.3. The van der Waals surface area contributed by atoms with E-state index in [1.165, 1.54) is 5.56 Å². The van der Waals surface area contributed by atoms with Crippen LogP contribution in [-0.4, -0.2) is 29.0 Å². The first-order valence-electron chi connectivity index (χ1n) is 7.21.